The molecule has 1 aliphatic carbocycles. The number of likely N-dealkylation sites (tertiary alicyclic amines) is 1. The van der Waals surface area contributed by atoms with Crippen LogP contribution in [0.5, 0.6) is 0 Å². The highest BCUT2D eigenvalue weighted by Crippen LogP contribution is 2.47. The lowest BCUT2D eigenvalue weighted by molar-refractivity contribution is -0.141. The van der Waals surface area contributed by atoms with Gasteiger partial charge in [0.25, 0.3) is 0 Å². The van der Waals surface area contributed by atoms with Gasteiger partial charge in [-0.3, -0.25) is 9.88 Å². The first-order chi connectivity index (χ1) is 11.5. The SMILES string of the molecule is FC(F)(F)c1ccc(C2CCCC(N3CCC4(CSC4)C3)C2)cn1. The van der Waals surface area contributed by atoms with Gasteiger partial charge in [0.2, 0.25) is 0 Å². The molecule has 1 aromatic rings. The molecule has 2 aliphatic heterocycles. The van der Waals surface area contributed by atoms with Crippen LogP contribution in [0.2, 0.25) is 0 Å². The zero-order valence-corrected chi connectivity index (χ0v) is 14.5. The van der Waals surface area contributed by atoms with E-state index in [0.717, 1.165) is 30.9 Å². The van der Waals surface area contributed by atoms with Crippen molar-refractivity contribution in [1.82, 2.24) is 9.88 Å². The van der Waals surface area contributed by atoms with Crippen molar-refractivity contribution in [2.45, 2.75) is 50.2 Å². The van der Waals surface area contributed by atoms with Gasteiger partial charge < -0.3 is 0 Å². The maximum Gasteiger partial charge on any atom is 0.433 e. The number of hydrogen-bond donors (Lipinski definition) is 0. The second-order valence-electron chi connectivity index (χ2n) is 7.71. The van der Waals surface area contributed by atoms with E-state index in [4.69, 9.17) is 0 Å². The molecule has 4 rings (SSSR count). The second-order valence-corrected chi connectivity index (χ2v) is 8.69. The maximum atomic E-state index is 12.7. The molecule has 6 heteroatoms. The molecule has 0 bridgehead atoms. The fourth-order valence-electron chi connectivity index (χ4n) is 4.52. The third-order valence-electron chi connectivity index (χ3n) is 6.00. The van der Waals surface area contributed by atoms with Crippen molar-refractivity contribution in [2.75, 3.05) is 24.6 Å². The number of rotatable bonds is 2. The van der Waals surface area contributed by atoms with Crippen LogP contribution in [0, 0.1) is 5.41 Å². The highest BCUT2D eigenvalue weighted by molar-refractivity contribution is 8.00. The average molecular weight is 356 g/mol. The van der Waals surface area contributed by atoms with E-state index in [1.165, 1.54) is 43.6 Å². The van der Waals surface area contributed by atoms with Crippen molar-refractivity contribution >= 4 is 11.8 Å². The summed E-state index contributed by atoms with van der Waals surface area (Å²) in [6.45, 7) is 2.42. The van der Waals surface area contributed by atoms with E-state index in [2.05, 4.69) is 21.6 Å². The summed E-state index contributed by atoms with van der Waals surface area (Å²) in [5.41, 5.74) is 0.761. The summed E-state index contributed by atoms with van der Waals surface area (Å²) in [4.78, 5) is 6.31. The molecule has 0 amide bonds. The van der Waals surface area contributed by atoms with Gasteiger partial charge in [-0.1, -0.05) is 12.5 Å². The van der Waals surface area contributed by atoms with Gasteiger partial charge in [-0.25, -0.2) is 0 Å². The van der Waals surface area contributed by atoms with Crippen molar-refractivity contribution in [3.8, 4) is 0 Å². The van der Waals surface area contributed by atoms with E-state index in [9.17, 15) is 13.2 Å². The molecule has 1 saturated carbocycles. The summed E-state index contributed by atoms with van der Waals surface area (Å²) in [5, 5.41) is 0. The average Bonchev–Trinajstić information content (AvgIpc) is 3.00. The molecule has 1 aromatic heterocycles. The van der Waals surface area contributed by atoms with Crippen LogP contribution in [0.15, 0.2) is 18.3 Å². The first kappa shape index (κ1) is 16.7. The second kappa shape index (κ2) is 6.20. The number of thioether (sulfide) groups is 1. The topological polar surface area (TPSA) is 16.1 Å². The van der Waals surface area contributed by atoms with Crippen LogP contribution in [0.3, 0.4) is 0 Å². The Bertz CT molecular complexity index is 583. The van der Waals surface area contributed by atoms with Gasteiger partial charge in [0.05, 0.1) is 0 Å². The predicted molar refractivity (Wildman–Crippen MR) is 90.2 cm³/mol. The Morgan fingerprint density at radius 1 is 1.21 bits per heavy atom. The fraction of sp³-hybridized carbons (Fsp3) is 0.722. The fourth-order valence-corrected chi connectivity index (χ4v) is 5.77. The van der Waals surface area contributed by atoms with E-state index in [1.807, 2.05) is 0 Å². The largest absolute Gasteiger partial charge is 0.433 e. The lowest BCUT2D eigenvalue weighted by atomic mass is 9.81. The number of aromatic nitrogens is 1. The predicted octanol–water partition coefficient (Wildman–Crippen LogP) is 4.57. The number of pyridine rings is 1. The molecular weight excluding hydrogens is 333 g/mol. The Balaban J connectivity index is 1.41. The Hall–Kier alpha value is -0.750. The highest BCUT2D eigenvalue weighted by atomic mass is 32.2. The van der Waals surface area contributed by atoms with Gasteiger partial charge in [0.15, 0.2) is 0 Å². The summed E-state index contributed by atoms with van der Waals surface area (Å²) in [7, 11) is 0. The maximum absolute atomic E-state index is 12.7. The number of hydrogen-bond acceptors (Lipinski definition) is 3. The molecule has 3 aliphatic rings. The molecule has 3 heterocycles. The van der Waals surface area contributed by atoms with Gasteiger partial charge in [-0.15, -0.1) is 0 Å². The van der Waals surface area contributed by atoms with Gasteiger partial charge >= 0.3 is 6.18 Å². The smallest absolute Gasteiger partial charge is 0.300 e. The molecule has 2 saturated heterocycles. The standard InChI is InChI=1S/C18H23F3N2S/c19-18(20,21)16-5-4-14(9-22-16)13-2-1-3-15(8-13)23-7-6-17(10-23)11-24-12-17/h4-5,9,13,15H,1-3,6-8,10-12H2. The Kier molecular flexibility index (Phi) is 4.32. The van der Waals surface area contributed by atoms with Crippen LogP contribution in [-0.2, 0) is 6.18 Å². The third kappa shape index (κ3) is 3.19. The van der Waals surface area contributed by atoms with Gasteiger partial charge in [0.1, 0.15) is 5.69 Å². The minimum Gasteiger partial charge on any atom is -0.300 e. The third-order valence-corrected chi connectivity index (χ3v) is 7.63. The number of nitrogens with zero attached hydrogens (tertiary/aromatic N) is 2. The van der Waals surface area contributed by atoms with Gasteiger partial charge in [-0.2, -0.15) is 24.9 Å². The van der Waals surface area contributed by atoms with E-state index in [-0.39, 0.29) is 0 Å². The van der Waals surface area contributed by atoms with Crippen molar-refractivity contribution in [1.29, 1.82) is 0 Å². The summed E-state index contributed by atoms with van der Waals surface area (Å²) in [5.74, 6) is 2.97. The summed E-state index contributed by atoms with van der Waals surface area (Å²) < 4.78 is 38.0. The number of alkyl halides is 3. The Morgan fingerprint density at radius 2 is 2.04 bits per heavy atom. The van der Waals surface area contributed by atoms with Crippen LogP contribution < -0.4 is 0 Å². The van der Waals surface area contributed by atoms with E-state index < -0.39 is 11.9 Å². The lowest BCUT2D eigenvalue weighted by Gasteiger charge is -2.40. The molecule has 0 N–H and O–H groups in total. The van der Waals surface area contributed by atoms with Gasteiger partial charge in [0, 0.05) is 35.7 Å². The van der Waals surface area contributed by atoms with E-state index >= 15 is 0 Å². The van der Waals surface area contributed by atoms with Crippen LogP contribution in [0.1, 0.15) is 49.3 Å². The zero-order valence-electron chi connectivity index (χ0n) is 13.7. The molecule has 24 heavy (non-hydrogen) atoms. The van der Waals surface area contributed by atoms with Crippen LogP contribution in [0.25, 0.3) is 0 Å². The molecule has 0 radical (unpaired) electrons. The number of halogens is 3. The van der Waals surface area contributed by atoms with Crippen LogP contribution in [-0.4, -0.2) is 40.5 Å². The molecule has 3 fully saturated rings. The van der Waals surface area contributed by atoms with Crippen LogP contribution in [0.4, 0.5) is 13.2 Å². The Labute approximate surface area is 145 Å². The molecule has 132 valence electrons. The van der Waals surface area contributed by atoms with E-state index in [0.29, 0.717) is 17.4 Å². The molecule has 0 aromatic carbocycles. The van der Waals surface area contributed by atoms with Crippen molar-refractivity contribution in [3.05, 3.63) is 29.6 Å². The summed E-state index contributed by atoms with van der Waals surface area (Å²) in [6.07, 6.45) is 2.95. The Morgan fingerprint density at radius 3 is 2.62 bits per heavy atom. The minimum absolute atomic E-state index is 0.353. The molecule has 2 unspecified atom stereocenters. The lowest BCUT2D eigenvalue weighted by Crippen LogP contribution is -2.42. The quantitative estimate of drug-likeness (QED) is 0.772. The molecule has 2 atom stereocenters. The first-order valence-corrected chi connectivity index (χ1v) is 9.96. The minimum atomic E-state index is -4.35. The van der Waals surface area contributed by atoms with Gasteiger partial charge in [-0.05, 0) is 49.8 Å². The zero-order chi connectivity index (χ0) is 16.8. The highest BCUT2D eigenvalue weighted by Gasteiger charge is 2.45. The van der Waals surface area contributed by atoms with Crippen molar-refractivity contribution in [3.63, 3.8) is 0 Å². The molecule has 2 nitrogen and oxygen atoms in total. The summed E-state index contributed by atoms with van der Waals surface area (Å²) in [6, 6.07) is 3.36. The van der Waals surface area contributed by atoms with E-state index in [1.54, 1.807) is 6.07 Å². The normalized spacial score (nSPS) is 30.5. The monoisotopic (exact) mass is 356 g/mol. The molecular formula is C18H23F3N2S. The first-order valence-electron chi connectivity index (χ1n) is 8.80. The van der Waals surface area contributed by atoms with Crippen LogP contribution >= 0.6 is 11.8 Å². The molecule has 1 spiro atoms. The van der Waals surface area contributed by atoms with Crippen molar-refractivity contribution < 1.29 is 13.2 Å². The van der Waals surface area contributed by atoms with Crippen molar-refractivity contribution in [2.24, 2.45) is 5.41 Å². The summed E-state index contributed by atoms with van der Waals surface area (Å²) >= 11 is 2.06.